The number of thioether (sulfide) groups is 1. The third-order valence-electron chi connectivity index (χ3n) is 4.50. The number of halogens is 2. The third kappa shape index (κ3) is 5.37. The summed E-state index contributed by atoms with van der Waals surface area (Å²) in [5.41, 5.74) is 1.16. The zero-order valence-electron chi connectivity index (χ0n) is 13.2. The van der Waals surface area contributed by atoms with Gasteiger partial charge in [0.2, 0.25) is 5.91 Å². The summed E-state index contributed by atoms with van der Waals surface area (Å²) in [5, 5.41) is 3.43. The number of likely N-dealkylation sites (tertiary alicyclic amines) is 1. The van der Waals surface area contributed by atoms with Crippen molar-refractivity contribution >= 4 is 30.1 Å². The van der Waals surface area contributed by atoms with Crippen LogP contribution < -0.4 is 5.32 Å². The molecule has 0 spiro atoms. The molecule has 3 rings (SSSR count). The van der Waals surface area contributed by atoms with Gasteiger partial charge in [-0.1, -0.05) is 12.1 Å². The maximum atomic E-state index is 12.9. The van der Waals surface area contributed by atoms with E-state index in [1.54, 1.807) is 0 Å². The molecule has 2 aliphatic heterocycles. The molecule has 0 aliphatic carbocycles. The Morgan fingerprint density at radius 1 is 1.35 bits per heavy atom. The summed E-state index contributed by atoms with van der Waals surface area (Å²) in [6.45, 7) is 2.72. The van der Waals surface area contributed by atoms with Crippen LogP contribution >= 0.6 is 24.2 Å². The molecule has 0 aromatic heterocycles. The van der Waals surface area contributed by atoms with E-state index in [0.29, 0.717) is 18.4 Å². The smallest absolute Gasteiger partial charge is 0.224 e. The number of hydrogen-bond donors (Lipinski definition) is 1. The van der Waals surface area contributed by atoms with Gasteiger partial charge in [-0.15, -0.1) is 12.4 Å². The van der Waals surface area contributed by atoms with Gasteiger partial charge in [0.25, 0.3) is 0 Å². The van der Waals surface area contributed by atoms with E-state index >= 15 is 0 Å². The van der Waals surface area contributed by atoms with Gasteiger partial charge in [-0.2, -0.15) is 11.8 Å². The second-order valence-electron chi connectivity index (χ2n) is 6.26. The average molecular weight is 359 g/mol. The average Bonchev–Trinajstić information content (AvgIpc) is 2.99. The van der Waals surface area contributed by atoms with Gasteiger partial charge in [-0.3, -0.25) is 4.79 Å². The van der Waals surface area contributed by atoms with Crippen LogP contribution in [0.15, 0.2) is 24.3 Å². The molecule has 6 heteroatoms. The van der Waals surface area contributed by atoms with Gasteiger partial charge in [0.1, 0.15) is 5.82 Å². The van der Waals surface area contributed by atoms with Gasteiger partial charge in [0.05, 0.1) is 0 Å². The van der Waals surface area contributed by atoms with E-state index in [-0.39, 0.29) is 24.1 Å². The van der Waals surface area contributed by atoms with Crippen LogP contribution in [-0.2, 0) is 11.2 Å². The highest BCUT2D eigenvalue weighted by atomic mass is 35.5. The van der Waals surface area contributed by atoms with E-state index in [1.807, 2.05) is 28.8 Å². The van der Waals surface area contributed by atoms with Crippen LogP contribution in [-0.4, -0.2) is 48.0 Å². The maximum Gasteiger partial charge on any atom is 0.224 e. The summed E-state index contributed by atoms with van der Waals surface area (Å²) in [4.78, 5) is 14.4. The van der Waals surface area contributed by atoms with Crippen molar-refractivity contribution in [3.05, 3.63) is 35.6 Å². The second kappa shape index (κ2) is 8.90. The van der Waals surface area contributed by atoms with E-state index in [4.69, 9.17) is 0 Å². The minimum absolute atomic E-state index is 0. The highest BCUT2D eigenvalue weighted by Crippen LogP contribution is 2.22. The van der Waals surface area contributed by atoms with Crippen molar-refractivity contribution in [2.45, 2.75) is 25.3 Å². The van der Waals surface area contributed by atoms with Gasteiger partial charge in [-0.05, 0) is 36.5 Å². The number of carbonyl (C=O) groups is 1. The highest BCUT2D eigenvalue weighted by Gasteiger charge is 2.28. The molecule has 1 amide bonds. The number of amides is 1. The van der Waals surface area contributed by atoms with Crippen LogP contribution in [0.25, 0.3) is 0 Å². The van der Waals surface area contributed by atoms with Crippen molar-refractivity contribution in [1.82, 2.24) is 10.2 Å². The van der Waals surface area contributed by atoms with Crippen molar-refractivity contribution in [2.24, 2.45) is 5.92 Å². The Bertz CT molecular complexity index is 508. The second-order valence-corrected chi connectivity index (χ2v) is 7.40. The van der Waals surface area contributed by atoms with E-state index in [0.717, 1.165) is 49.5 Å². The van der Waals surface area contributed by atoms with E-state index < -0.39 is 0 Å². The molecule has 0 radical (unpaired) electrons. The van der Waals surface area contributed by atoms with Crippen LogP contribution in [0.3, 0.4) is 0 Å². The van der Waals surface area contributed by atoms with Crippen LogP contribution in [0.2, 0.25) is 0 Å². The van der Waals surface area contributed by atoms with Crippen LogP contribution in [0.5, 0.6) is 0 Å². The standard InChI is InChI=1S/C17H23FN2OS.ClH/c18-15-3-1-13(2-4-15)9-14-5-7-20(11-14)17(21)10-16-12-22-8-6-19-16;/h1-4,14,16,19H,5-12H2;1H. The van der Waals surface area contributed by atoms with Crippen LogP contribution in [0, 0.1) is 11.7 Å². The van der Waals surface area contributed by atoms with Crippen molar-refractivity contribution in [3.63, 3.8) is 0 Å². The van der Waals surface area contributed by atoms with Gasteiger partial charge < -0.3 is 10.2 Å². The lowest BCUT2D eigenvalue weighted by Gasteiger charge is -2.25. The van der Waals surface area contributed by atoms with Gasteiger partial charge >= 0.3 is 0 Å². The first kappa shape index (κ1) is 18.6. The molecule has 2 saturated heterocycles. The topological polar surface area (TPSA) is 32.3 Å². The minimum atomic E-state index is -0.190. The molecule has 2 atom stereocenters. The predicted molar refractivity (Wildman–Crippen MR) is 95.8 cm³/mol. The Hall–Kier alpha value is -0.780. The van der Waals surface area contributed by atoms with E-state index in [9.17, 15) is 9.18 Å². The molecule has 0 saturated carbocycles. The molecule has 2 fully saturated rings. The molecule has 128 valence electrons. The largest absolute Gasteiger partial charge is 0.342 e. The molecule has 2 heterocycles. The Kier molecular flexibility index (Phi) is 7.18. The first-order chi connectivity index (χ1) is 10.7. The number of carbonyl (C=O) groups excluding carboxylic acids is 1. The summed E-state index contributed by atoms with van der Waals surface area (Å²) in [6.07, 6.45) is 2.60. The van der Waals surface area contributed by atoms with E-state index in [1.165, 1.54) is 12.1 Å². The van der Waals surface area contributed by atoms with Crippen molar-refractivity contribution in [2.75, 3.05) is 31.1 Å². The molecule has 3 nitrogen and oxygen atoms in total. The highest BCUT2D eigenvalue weighted by molar-refractivity contribution is 7.99. The summed E-state index contributed by atoms with van der Waals surface area (Å²) >= 11 is 1.93. The van der Waals surface area contributed by atoms with Crippen molar-refractivity contribution < 1.29 is 9.18 Å². The molecule has 0 bridgehead atoms. The number of hydrogen-bond acceptors (Lipinski definition) is 3. The fraction of sp³-hybridized carbons (Fsp3) is 0.588. The molecule has 23 heavy (non-hydrogen) atoms. The Morgan fingerprint density at radius 3 is 2.83 bits per heavy atom. The minimum Gasteiger partial charge on any atom is -0.342 e. The molecule has 1 N–H and O–H groups in total. The summed E-state index contributed by atoms with van der Waals surface area (Å²) in [5.74, 6) is 2.78. The van der Waals surface area contributed by atoms with Gasteiger partial charge in [0, 0.05) is 43.6 Å². The van der Waals surface area contributed by atoms with E-state index in [2.05, 4.69) is 5.32 Å². The number of nitrogens with zero attached hydrogens (tertiary/aromatic N) is 1. The zero-order valence-corrected chi connectivity index (χ0v) is 14.8. The van der Waals surface area contributed by atoms with Crippen molar-refractivity contribution in [3.8, 4) is 0 Å². The molecule has 1 aromatic rings. The Labute approximate surface area is 147 Å². The predicted octanol–water partition coefficient (Wildman–Crippen LogP) is 2.73. The summed E-state index contributed by atoms with van der Waals surface area (Å²) in [7, 11) is 0. The summed E-state index contributed by atoms with van der Waals surface area (Å²) in [6, 6.07) is 7.06. The fourth-order valence-corrected chi connectivity index (χ4v) is 4.22. The molecular formula is C17H24ClFN2OS. The Balaban J connectivity index is 0.00000192. The normalized spacial score (nSPS) is 24.3. The zero-order chi connectivity index (χ0) is 15.4. The quantitative estimate of drug-likeness (QED) is 0.898. The molecule has 2 aliphatic rings. The lowest BCUT2D eigenvalue weighted by Crippen LogP contribution is -2.42. The maximum absolute atomic E-state index is 12.9. The molecule has 1 aromatic carbocycles. The first-order valence-electron chi connectivity index (χ1n) is 8.04. The number of nitrogens with one attached hydrogen (secondary N) is 1. The first-order valence-corrected chi connectivity index (χ1v) is 9.19. The van der Waals surface area contributed by atoms with Crippen LogP contribution in [0.1, 0.15) is 18.4 Å². The third-order valence-corrected chi connectivity index (χ3v) is 5.63. The summed E-state index contributed by atoms with van der Waals surface area (Å²) < 4.78 is 12.9. The van der Waals surface area contributed by atoms with Crippen molar-refractivity contribution in [1.29, 1.82) is 0 Å². The molecule has 2 unspecified atom stereocenters. The SMILES string of the molecule is Cl.O=C(CC1CSCCN1)N1CCC(Cc2ccc(F)cc2)C1. The number of rotatable bonds is 4. The monoisotopic (exact) mass is 358 g/mol. The fourth-order valence-electron chi connectivity index (χ4n) is 3.27. The Morgan fingerprint density at radius 2 is 2.13 bits per heavy atom. The lowest BCUT2D eigenvalue weighted by atomic mass is 9.99. The van der Waals surface area contributed by atoms with Crippen LogP contribution in [0.4, 0.5) is 4.39 Å². The van der Waals surface area contributed by atoms with Gasteiger partial charge in [-0.25, -0.2) is 4.39 Å². The lowest BCUT2D eigenvalue weighted by molar-refractivity contribution is -0.130. The number of benzene rings is 1. The molecular weight excluding hydrogens is 335 g/mol. The van der Waals surface area contributed by atoms with Gasteiger partial charge in [0.15, 0.2) is 0 Å².